The lowest BCUT2D eigenvalue weighted by Gasteiger charge is -2.19. The number of rotatable bonds is 23. The first kappa shape index (κ1) is 39.7. The third kappa shape index (κ3) is 19.1. The van der Waals surface area contributed by atoms with E-state index in [0.717, 1.165) is 44.7 Å². The summed E-state index contributed by atoms with van der Waals surface area (Å²) in [6.45, 7) is 2.30. The molecule has 0 aromatic carbocycles. The van der Waals surface area contributed by atoms with E-state index < -0.39 is 43.0 Å². The Balaban J connectivity index is 2.43. The minimum atomic E-state index is -1.23. The zero-order valence-corrected chi connectivity index (χ0v) is 27.1. The van der Waals surface area contributed by atoms with Gasteiger partial charge in [0.1, 0.15) is 6.04 Å². The van der Waals surface area contributed by atoms with E-state index in [-0.39, 0.29) is 25.3 Å². The molecular weight excluding hydrogens is 588 g/mol. The molecule has 11 nitrogen and oxygen atoms in total. The van der Waals surface area contributed by atoms with Crippen molar-refractivity contribution in [3.63, 3.8) is 0 Å². The average molecular weight is 639 g/mol. The van der Waals surface area contributed by atoms with Crippen LogP contribution in [0.3, 0.4) is 0 Å². The molecule has 252 valence electrons. The van der Waals surface area contributed by atoms with Crippen LogP contribution in [0.4, 0.5) is 0 Å². The van der Waals surface area contributed by atoms with Crippen molar-refractivity contribution in [2.75, 3.05) is 26.4 Å². The molecule has 1 atom stereocenters. The molecule has 1 aromatic heterocycles. The summed E-state index contributed by atoms with van der Waals surface area (Å²) in [5.74, 6) is -2.65. The van der Waals surface area contributed by atoms with Crippen LogP contribution < -0.4 is 15.4 Å². The Morgan fingerprint density at radius 2 is 1.41 bits per heavy atom. The second-order valence-corrected chi connectivity index (χ2v) is 10.4. The van der Waals surface area contributed by atoms with Crippen LogP contribution in [0.25, 0.3) is 0 Å². The maximum atomic E-state index is 12.7. The number of nitrogens with one attached hydrogen (secondary N) is 2. The Bertz CT molecular complexity index is 1220. The van der Waals surface area contributed by atoms with Gasteiger partial charge in [0.2, 0.25) is 17.8 Å². The van der Waals surface area contributed by atoms with Crippen molar-refractivity contribution in [3.8, 4) is 0 Å². The number of esters is 1. The van der Waals surface area contributed by atoms with Crippen LogP contribution in [0.5, 0.6) is 0 Å². The molecule has 4 N–H and O–H groups in total. The number of allylic oxidation sites excluding steroid dienone is 12. The quantitative estimate of drug-likeness (QED) is 0.0607. The fourth-order valence-corrected chi connectivity index (χ4v) is 3.65. The Hall–Kier alpha value is -4.35. The van der Waals surface area contributed by atoms with Crippen molar-refractivity contribution in [1.82, 2.24) is 15.6 Å². The number of amides is 2. The molecule has 0 aliphatic rings. The van der Waals surface area contributed by atoms with Gasteiger partial charge in [-0.05, 0) is 44.9 Å². The molecule has 1 unspecified atom stereocenters. The second-order valence-electron chi connectivity index (χ2n) is 10.4. The third-order valence-corrected chi connectivity index (χ3v) is 6.41. The summed E-state index contributed by atoms with van der Waals surface area (Å²) in [7, 11) is 0. The smallest absolute Gasteiger partial charge is 0.330 e. The highest BCUT2D eigenvalue weighted by Crippen LogP contribution is 2.02. The number of ether oxygens (including phenoxy) is 1. The number of carbonyl (C=O) groups is 3. The topological polar surface area (TPSA) is 165 Å². The Kier molecular flexibility index (Phi) is 22.4. The number of nitrogens with zero attached hydrogens (tertiary/aromatic N) is 2. The normalized spacial score (nSPS) is 12.9. The minimum Gasteiger partial charge on any atom is -0.618 e. The van der Waals surface area contributed by atoms with Gasteiger partial charge >= 0.3 is 5.97 Å². The van der Waals surface area contributed by atoms with Crippen molar-refractivity contribution >= 4 is 17.8 Å². The number of hydrogen-bond donors (Lipinski definition) is 4. The first-order chi connectivity index (χ1) is 22.3. The molecule has 0 aliphatic heterocycles. The lowest BCUT2D eigenvalue weighted by molar-refractivity contribution is -0.613. The average Bonchev–Trinajstić information content (AvgIpc) is 3.05. The van der Waals surface area contributed by atoms with E-state index in [2.05, 4.69) is 77.2 Å². The Morgan fingerprint density at radius 3 is 1.91 bits per heavy atom. The fraction of sp³-hybridized carbons (Fsp3) is 0.457. The van der Waals surface area contributed by atoms with Gasteiger partial charge in [-0.3, -0.25) is 9.59 Å². The molecule has 1 heterocycles. The lowest BCUT2D eigenvalue weighted by atomic mass is 10.2. The highest BCUT2D eigenvalue weighted by atomic mass is 16.5. The van der Waals surface area contributed by atoms with Crippen molar-refractivity contribution in [2.24, 2.45) is 5.92 Å². The predicted octanol–water partition coefficient (Wildman–Crippen LogP) is 3.86. The third-order valence-electron chi connectivity index (χ3n) is 6.41. The SMILES string of the molecule is CC/C=C\C/C=C\C/C=C\C/C=C\C/C=C\C/C=C\CCC(=O)NC(CNC(=O)c1c[n+]([O-])c(C)cn1)C(=O)OCC(CO)CO. The number of carbonyl (C=O) groups excluding carboxylic acids is 3. The highest BCUT2D eigenvalue weighted by molar-refractivity contribution is 5.92. The standard InChI is InChI=1S/C35H50N4O7/c1-3-4-5-6-7-8-9-10-11-12-13-14-15-16-17-18-19-20-21-22-33(42)38-31(35(44)46-28-30(26-40)27-41)24-37-34(43)32-25-39(45)29(2)23-36-32/h4-5,7-8,10-11,13-14,16-17,19-20,23,25,30-31,40-41H,3,6,9,12,15,18,21-22,24,26-28H2,1-2H3,(H,37,43)(H,38,42)/b5-4-,8-7-,11-10-,14-13-,17-16-,20-19-. The van der Waals surface area contributed by atoms with E-state index in [1.165, 1.54) is 13.1 Å². The summed E-state index contributed by atoms with van der Waals surface area (Å²) < 4.78 is 5.63. The van der Waals surface area contributed by atoms with E-state index >= 15 is 0 Å². The molecule has 0 spiro atoms. The number of aromatic nitrogens is 2. The van der Waals surface area contributed by atoms with Crippen LogP contribution in [-0.2, 0) is 14.3 Å². The van der Waals surface area contributed by atoms with Gasteiger partial charge in [0, 0.05) is 25.8 Å². The Labute approximate surface area is 272 Å². The fourth-order valence-electron chi connectivity index (χ4n) is 3.65. The maximum absolute atomic E-state index is 12.7. The van der Waals surface area contributed by atoms with Gasteiger partial charge in [0.25, 0.3) is 5.91 Å². The van der Waals surface area contributed by atoms with Gasteiger partial charge in [-0.25, -0.2) is 9.78 Å². The number of aliphatic hydroxyl groups excluding tert-OH is 2. The summed E-state index contributed by atoms with van der Waals surface area (Å²) in [4.78, 5) is 41.6. The number of aliphatic hydroxyl groups is 2. The minimum absolute atomic E-state index is 0.103. The summed E-state index contributed by atoms with van der Waals surface area (Å²) in [6.07, 6.45) is 33.5. The molecule has 0 saturated heterocycles. The van der Waals surface area contributed by atoms with Crippen LogP contribution in [0, 0.1) is 18.0 Å². The largest absolute Gasteiger partial charge is 0.618 e. The first-order valence-electron chi connectivity index (χ1n) is 15.7. The molecule has 0 saturated carbocycles. The van der Waals surface area contributed by atoms with Gasteiger partial charge in [0.05, 0.1) is 26.0 Å². The number of hydrogen-bond acceptors (Lipinski definition) is 8. The van der Waals surface area contributed by atoms with E-state index in [9.17, 15) is 29.8 Å². The second kappa shape index (κ2) is 25.9. The number of aryl methyl sites for hydroxylation is 1. The molecule has 0 bridgehead atoms. The molecule has 0 radical (unpaired) electrons. The monoisotopic (exact) mass is 638 g/mol. The van der Waals surface area contributed by atoms with Gasteiger partial charge in [-0.2, -0.15) is 4.73 Å². The van der Waals surface area contributed by atoms with E-state index in [0.29, 0.717) is 16.8 Å². The molecule has 0 aliphatic carbocycles. The molecular formula is C35H50N4O7. The summed E-state index contributed by atoms with van der Waals surface area (Å²) in [5.41, 5.74) is 0.150. The molecule has 2 amide bonds. The summed E-state index contributed by atoms with van der Waals surface area (Å²) in [6, 6.07) is -1.23. The van der Waals surface area contributed by atoms with Crippen molar-refractivity contribution < 1.29 is 34.1 Å². The maximum Gasteiger partial charge on any atom is 0.330 e. The van der Waals surface area contributed by atoms with Gasteiger partial charge < -0.3 is 30.8 Å². The molecule has 11 heteroatoms. The van der Waals surface area contributed by atoms with Gasteiger partial charge in [0.15, 0.2) is 5.69 Å². The molecule has 1 aromatic rings. The highest BCUT2D eigenvalue weighted by Gasteiger charge is 2.25. The van der Waals surface area contributed by atoms with E-state index in [4.69, 9.17) is 4.74 Å². The Morgan fingerprint density at radius 1 is 0.891 bits per heavy atom. The van der Waals surface area contributed by atoms with Crippen LogP contribution >= 0.6 is 0 Å². The van der Waals surface area contributed by atoms with Gasteiger partial charge in [-0.1, -0.05) is 79.8 Å². The zero-order valence-electron chi connectivity index (χ0n) is 27.1. The summed E-state index contributed by atoms with van der Waals surface area (Å²) >= 11 is 0. The van der Waals surface area contributed by atoms with E-state index in [1.54, 1.807) is 0 Å². The van der Waals surface area contributed by atoms with Crippen LogP contribution in [0.2, 0.25) is 0 Å². The van der Waals surface area contributed by atoms with Crippen LogP contribution in [0.1, 0.15) is 74.5 Å². The van der Waals surface area contributed by atoms with Crippen LogP contribution in [-0.4, -0.2) is 65.4 Å². The first-order valence-corrected chi connectivity index (χ1v) is 15.7. The zero-order chi connectivity index (χ0) is 33.8. The van der Waals surface area contributed by atoms with Crippen LogP contribution in [0.15, 0.2) is 85.3 Å². The van der Waals surface area contributed by atoms with Crippen molar-refractivity contribution in [2.45, 2.75) is 71.3 Å². The van der Waals surface area contributed by atoms with Crippen molar-refractivity contribution in [1.29, 1.82) is 0 Å². The lowest BCUT2D eigenvalue weighted by Crippen LogP contribution is -2.49. The molecule has 46 heavy (non-hydrogen) atoms. The molecule has 1 rings (SSSR count). The molecule has 0 fully saturated rings. The summed E-state index contributed by atoms with van der Waals surface area (Å²) in [5, 5.41) is 35.2. The van der Waals surface area contributed by atoms with Crippen molar-refractivity contribution in [3.05, 3.63) is 102 Å². The predicted molar refractivity (Wildman–Crippen MR) is 178 cm³/mol. The van der Waals surface area contributed by atoms with E-state index in [1.807, 2.05) is 18.2 Å². The van der Waals surface area contributed by atoms with Gasteiger partial charge in [-0.15, -0.1) is 0 Å².